The summed E-state index contributed by atoms with van der Waals surface area (Å²) >= 11 is 0. The molecule has 108 valence electrons. The van der Waals surface area contributed by atoms with Crippen LogP contribution in [-0.2, 0) is 10.3 Å². The number of benzene rings is 2. The van der Waals surface area contributed by atoms with E-state index in [-0.39, 0.29) is 18.1 Å². The Morgan fingerprint density at radius 1 is 0.905 bits per heavy atom. The van der Waals surface area contributed by atoms with E-state index in [1.165, 1.54) is 0 Å². The standard InChI is InChI=1S/C18H19NO2/c1-18(2,15-11-7-4-8-12-15)19-17(21)13-16(20)14-9-5-3-6-10-14/h3-12H,13H2,1-2H3,(H,19,21). The van der Waals surface area contributed by atoms with Crippen molar-refractivity contribution in [3.05, 3.63) is 71.8 Å². The molecule has 0 atom stereocenters. The molecule has 0 saturated heterocycles. The van der Waals surface area contributed by atoms with Crippen LogP contribution in [0.2, 0.25) is 0 Å². The Morgan fingerprint density at radius 2 is 1.43 bits per heavy atom. The zero-order valence-corrected chi connectivity index (χ0v) is 12.3. The molecule has 0 bridgehead atoms. The Hall–Kier alpha value is -2.42. The van der Waals surface area contributed by atoms with E-state index in [0.717, 1.165) is 5.56 Å². The van der Waals surface area contributed by atoms with Gasteiger partial charge in [0, 0.05) is 5.56 Å². The summed E-state index contributed by atoms with van der Waals surface area (Å²) in [4.78, 5) is 24.1. The van der Waals surface area contributed by atoms with Gasteiger partial charge in [-0.1, -0.05) is 60.7 Å². The molecule has 2 rings (SSSR count). The van der Waals surface area contributed by atoms with Crippen molar-refractivity contribution in [2.24, 2.45) is 0 Å². The fourth-order valence-corrected chi connectivity index (χ4v) is 2.19. The van der Waals surface area contributed by atoms with Crippen LogP contribution in [-0.4, -0.2) is 11.7 Å². The molecule has 0 aromatic heterocycles. The van der Waals surface area contributed by atoms with Gasteiger partial charge in [-0.2, -0.15) is 0 Å². The van der Waals surface area contributed by atoms with Crippen molar-refractivity contribution in [2.75, 3.05) is 0 Å². The third-order valence-electron chi connectivity index (χ3n) is 3.36. The minimum Gasteiger partial charge on any atom is -0.347 e. The van der Waals surface area contributed by atoms with Crippen LogP contribution in [0.25, 0.3) is 0 Å². The molecule has 0 radical (unpaired) electrons. The predicted molar refractivity (Wildman–Crippen MR) is 83.0 cm³/mol. The summed E-state index contributed by atoms with van der Waals surface area (Å²) < 4.78 is 0. The third kappa shape index (κ3) is 4.02. The van der Waals surface area contributed by atoms with Crippen LogP contribution in [0.1, 0.15) is 36.2 Å². The molecule has 0 spiro atoms. The molecule has 2 aromatic carbocycles. The van der Waals surface area contributed by atoms with Gasteiger partial charge in [0.25, 0.3) is 0 Å². The average molecular weight is 281 g/mol. The van der Waals surface area contributed by atoms with Crippen LogP contribution in [0, 0.1) is 0 Å². The van der Waals surface area contributed by atoms with Crippen molar-refractivity contribution >= 4 is 11.7 Å². The quantitative estimate of drug-likeness (QED) is 0.675. The lowest BCUT2D eigenvalue weighted by molar-refractivity contribution is -0.121. The van der Waals surface area contributed by atoms with E-state index in [4.69, 9.17) is 0 Å². The SMILES string of the molecule is CC(C)(NC(=O)CC(=O)c1ccccc1)c1ccccc1. The summed E-state index contributed by atoms with van der Waals surface area (Å²) in [5.41, 5.74) is 1.06. The molecular formula is C18H19NO2. The van der Waals surface area contributed by atoms with Crippen molar-refractivity contribution in [1.82, 2.24) is 5.32 Å². The molecule has 0 unspecified atom stereocenters. The Kier molecular flexibility index (Phi) is 4.53. The summed E-state index contributed by atoms with van der Waals surface area (Å²) in [6.45, 7) is 3.85. The summed E-state index contributed by atoms with van der Waals surface area (Å²) in [5.74, 6) is -0.435. The summed E-state index contributed by atoms with van der Waals surface area (Å²) in [5, 5.41) is 2.91. The molecule has 2 aromatic rings. The van der Waals surface area contributed by atoms with Gasteiger partial charge in [-0.15, -0.1) is 0 Å². The number of nitrogens with one attached hydrogen (secondary N) is 1. The highest BCUT2D eigenvalue weighted by Gasteiger charge is 2.23. The second-order valence-corrected chi connectivity index (χ2v) is 5.51. The second-order valence-electron chi connectivity index (χ2n) is 5.51. The number of ketones is 1. The van der Waals surface area contributed by atoms with E-state index in [9.17, 15) is 9.59 Å². The average Bonchev–Trinajstić information content (AvgIpc) is 2.48. The monoisotopic (exact) mass is 281 g/mol. The van der Waals surface area contributed by atoms with Crippen LogP contribution in [0.15, 0.2) is 60.7 Å². The van der Waals surface area contributed by atoms with E-state index in [1.807, 2.05) is 50.2 Å². The fraction of sp³-hybridized carbons (Fsp3) is 0.222. The topological polar surface area (TPSA) is 46.2 Å². The first-order valence-electron chi connectivity index (χ1n) is 6.94. The van der Waals surface area contributed by atoms with Gasteiger partial charge in [0.05, 0.1) is 12.0 Å². The highest BCUT2D eigenvalue weighted by molar-refractivity contribution is 6.07. The molecule has 0 aliphatic rings. The second kappa shape index (κ2) is 6.35. The summed E-state index contributed by atoms with van der Waals surface area (Å²) in [6, 6.07) is 18.6. The Balaban J connectivity index is 2.00. The zero-order chi connectivity index (χ0) is 15.3. The molecular weight excluding hydrogens is 262 g/mol. The molecule has 0 heterocycles. The first-order valence-corrected chi connectivity index (χ1v) is 6.94. The van der Waals surface area contributed by atoms with Gasteiger partial charge < -0.3 is 5.32 Å². The number of carbonyl (C=O) groups is 2. The molecule has 3 heteroatoms. The van der Waals surface area contributed by atoms with Crippen LogP contribution in [0.5, 0.6) is 0 Å². The van der Waals surface area contributed by atoms with E-state index in [2.05, 4.69) is 5.32 Å². The van der Waals surface area contributed by atoms with E-state index < -0.39 is 5.54 Å². The summed E-state index contributed by atoms with van der Waals surface area (Å²) in [6.07, 6.45) is -0.139. The van der Waals surface area contributed by atoms with Crippen molar-refractivity contribution in [2.45, 2.75) is 25.8 Å². The number of hydrogen-bond acceptors (Lipinski definition) is 2. The van der Waals surface area contributed by atoms with Crippen LogP contribution < -0.4 is 5.32 Å². The lowest BCUT2D eigenvalue weighted by atomic mass is 9.94. The molecule has 1 amide bonds. The van der Waals surface area contributed by atoms with Crippen molar-refractivity contribution in [3.63, 3.8) is 0 Å². The molecule has 0 aliphatic carbocycles. The van der Waals surface area contributed by atoms with E-state index >= 15 is 0 Å². The first-order chi connectivity index (χ1) is 9.99. The van der Waals surface area contributed by atoms with Crippen LogP contribution in [0.4, 0.5) is 0 Å². The van der Waals surface area contributed by atoms with Gasteiger partial charge in [-0.3, -0.25) is 9.59 Å². The van der Waals surface area contributed by atoms with Gasteiger partial charge in [-0.25, -0.2) is 0 Å². The van der Waals surface area contributed by atoms with Crippen LogP contribution >= 0.6 is 0 Å². The molecule has 3 nitrogen and oxygen atoms in total. The smallest absolute Gasteiger partial charge is 0.228 e. The molecule has 0 fully saturated rings. The van der Waals surface area contributed by atoms with Gasteiger partial charge in [-0.05, 0) is 19.4 Å². The van der Waals surface area contributed by atoms with Gasteiger partial charge >= 0.3 is 0 Å². The van der Waals surface area contributed by atoms with Crippen molar-refractivity contribution in [3.8, 4) is 0 Å². The van der Waals surface area contributed by atoms with Gasteiger partial charge in [0.1, 0.15) is 0 Å². The van der Waals surface area contributed by atoms with Crippen molar-refractivity contribution < 1.29 is 9.59 Å². The minimum atomic E-state index is -0.505. The normalized spacial score (nSPS) is 11.0. The fourth-order valence-electron chi connectivity index (χ4n) is 2.19. The maximum atomic E-state index is 12.1. The molecule has 0 saturated carbocycles. The van der Waals surface area contributed by atoms with Gasteiger partial charge in [0.2, 0.25) is 5.91 Å². The number of amides is 1. The maximum Gasteiger partial charge on any atom is 0.228 e. The zero-order valence-electron chi connectivity index (χ0n) is 12.3. The molecule has 1 N–H and O–H groups in total. The van der Waals surface area contributed by atoms with E-state index in [1.54, 1.807) is 24.3 Å². The van der Waals surface area contributed by atoms with Crippen LogP contribution in [0.3, 0.4) is 0 Å². The maximum absolute atomic E-state index is 12.1. The number of carbonyl (C=O) groups excluding carboxylic acids is 2. The highest BCUT2D eigenvalue weighted by Crippen LogP contribution is 2.19. The lowest BCUT2D eigenvalue weighted by Crippen LogP contribution is -2.41. The Morgan fingerprint density at radius 3 is 2.00 bits per heavy atom. The van der Waals surface area contributed by atoms with Crippen molar-refractivity contribution in [1.29, 1.82) is 0 Å². The summed E-state index contributed by atoms with van der Waals surface area (Å²) in [7, 11) is 0. The van der Waals surface area contributed by atoms with E-state index in [0.29, 0.717) is 5.56 Å². The third-order valence-corrected chi connectivity index (χ3v) is 3.36. The Labute approximate surface area is 125 Å². The predicted octanol–water partition coefficient (Wildman–Crippen LogP) is 3.31. The number of rotatable bonds is 5. The molecule has 21 heavy (non-hydrogen) atoms. The minimum absolute atomic E-state index is 0.139. The lowest BCUT2D eigenvalue weighted by Gasteiger charge is -2.26. The Bertz CT molecular complexity index is 618. The highest BCUT2D eigenvalue weighted by atomic mass is 16.2. The van der Waals surface area contributed by atoms with Gasteiger partial charge in [0.15, 0.2) is 5.78 Å². The molecule has 0 aliphatic heterocycles. The largest absolute Gasteiger partial charge is 0.347 e. The first kappa shape index (κ1) is 15.0. The number of Topliss-reactive ketones (excluding diaryl/α,β-unsaturated/α-hetero) is 1. The number of hydrogen-bond donors (Lipinski definition) is 1.